The molecular weight excluding hydrogens is 618 g/mol. The fourth-order valence-electron chi connectivity index (χ4n) is 6.11. The second kappa shape index (κ2) is 11.7. The predicted octanol–water partition coefficient (Wildman–Crippen LogP) is 5.87. The van der Waals surface area contributed by atoms with E-state index in [4.69, 9.17) is 26.2 Å². The molecular formula is C29H39BrClN3O7. The van der Waals surface area contributed by atoms with E-state index in [0.717, 1.165) is 31.2 Å². The van der Waals surface area contributed by atoms with Crippen molar-refractivity contribution in [3.63, 3.8) is 0 Å². The minimum absolute atomic E-state index is 0.0703. The number of Topliss-reactive ketones (excluding diaryl/α,β-unsaturated/α-hetero) is 1. The van der Waals surface area contributed by atoms with Crippen molar-refractivity contribution >= 4 is 51.5 Å². The number of carbonyl (C=O) groups is 4. The van der Waals surface area contributed by atoms with Crippen LogP contribution in [0.1, 0.15) is 79.2 Å². The number of aliphatic carboxylic acids is 1. The lowest BCUT2D eigenvalue weighted by atomic mass is 9.81. The minimum Gasteiger partial charge on any atom is -0.480 e. The van der Waals surface area contributed by atoms with Crippen molar-refractivity contribution in [2.45, 2.75) is 115 Å². The second-order valence-electron chi connectivity index (χ2n) is 13.4. The van der Waals surface area contributed by atoms with E-state index in [2.05, 4.69) is 20.9 Å². The Morgan fingerprint density at radius 2 is 1.37 bits per heavy atom. The van der Waals surface area contributed by atoms with Gasteiger partial charge in [0, 0.05) is 18.5 Å². The molecule has 0 aromatic carbocycles. The number of ketones is 1. The number of pyridine rings is 1. The van der Waals surface area contributed by atoms with E-state index in [1.54, 1.807) is 31.7 Å². The van der Waals surface area contributed by atoms with Gasteiger partial charge in [0.15, 0.2) is 5.78 Å². The highest BCUT2D eigenvalue weighted by molar-refractivity contribution is 9.10. The Balaban J connectivity index is 0.000000208. The average Bonchev–Trinajstić information content (AvgIpc) is 3.49. The lowest BCUT2D eigenvalue weighted by Gasteiger charge is -2.29. The average molecular weight is 657 g/mol. The van der Waals surface area contributed by atoms with Crippen LogP contribution in [0.25, 0.3) is 0 Å². The Morgan fingerprint density at radius 3 is 1.80 bits per heavy atom. The predicted molar refractivity (Wildman–Crippen MR) is 155 cm³/mol. The molecule has 4 bridgehead atoms. The van der Waals surface area contributed by atoms with Gasteiger partial charge in [0.05, 0.1) is 6.04 Å². The smallest absolute Gasteiger partial charge is 0.411 e. The molecule has 4 aliphatic heterocycles. The normalized spacial score (nSPS) is 27.7. The van der Waals surface area contributed by atoms with Crippen molar-refractivity contribution in [3.05, 3.63) is 27.5 Å². The Bertz CT molecular complexity index is 1180. The van der Waals surface area contributed by atoms with Crippen LogP contribution >= 0.6 is 27.5 Å². The molecule has 2 amide bonds. The molecule has 4 saturated heterocycles. The van der Waals surface area contributed by atoms with Gasteiger partial charge in [-0.1, -0.05) is 11.6 Å². The van der Waals surface area contributed by atoms with E-state index in [0.29, 0.717) is 22.6 Å². The third kappa shape index (κ3) is 7.34. The van der Waals surface area contributed by atoms with Crippen LogP contribution in [0.4, 0.5) is 9.59 Å². The fourth-order valence-corrected chi connectivity index (χ4v) is 6.92. The number of carboxylic acid groups (broad SMARTS) is 1. The summed E-state index contributed by atoms with van der Waals surface area (Å²) in [6.45, 7) is 10.9. The second-order valence-corrected chi connectivity index (χ2v) is 14.6. The summed E-state index contributed by atoms with van der Waals surface area (Å²) in [5, 5.41) is 9.48. The molecule has 2 saturated carbocycles. The van der Waals surface area contributed by atoms with E-state index in [-0.39, 0.29) is 41.8 Å². The highest BCUT2D eigenvalue weighted by Gasteiger charge is 2.57. The van der Waals surface area contributed by atoms with Gasteiger partial charge in [-0.25, -0.2) is 19.4 Å². The third-order valence-electron chi connectivity index (χ3n) is 7.85. The maximum Gasteiger partial charge on any atom is 0.411 e. The van der Waals surface area contributed by atoms with E-state index in [1.807, 2.05) is 26.8 Å². The van der Waals surface area contributed by atoms with Gasteiger partial charge in [-0.2, -0.15) is 0 Å². The monoisotopic (exact) mass is 655 g/mol. The number of aromatic nitrogens is 1. The van der Waals surface area contributed by atoms with Crippen LogP contribution in [-0.4, -0.2) is 79.2 Å². The highest BCUT2D eigenvalue weighted by Crippen LogP contribution is 2.47. The van der Waals surface area contributed by atoms with Crippen molar-refractivity contribution in [1.29, 1.82) is 0 Å². The number of nitrogens with zero attached hydrogens (tertiary/aromatic N) is 3. The SMILES string of the molecule is CC(C)(C)OC(=O)N1C2CC(C2)C1C(=O)CCc1cc(Cl)nc(Br)c1.CC(C)(C)OC(=O)N1C2CC(C2)C1C(=O)O. The topological polar surface area (TPSA) is 126 Å². The van der Waals surface area contributed by atoms with Gasteiger partial charge in [-0.05, 0) is 119 Å². The van der Waals surface area contributed by atoms with E-state index < -0.39 is 29.3 Å². The van der Waals surface area contributed by atoms with Gasteiger partial charge in [-0.15, -0.1) is 0 Å². The molecule has 7 rings (SSSR count). The van der Waals surface area contributed by atoms with Gasteiger partial charge in [0.1, 0.15) is 27.0 Å². The Labute approximate surface area is 254 Å². The summed E-state index contributed by atoms with van der Waals surface area (Å²) >= 11 is 9.26. The Hall–Kier alpha value is -2.40. The van der Waals surface area contributed by atoms with Crippen LogP contribution in [-0.2, 0) is 25.5 Å². The molecule has 2 atom stereocenters. The number of carbonyl (C=O) groups excluding carboxylic acids is 3. The summed E-state index contributed by atoms with van der Waals surface area (Å²) in [5.74, 6) is -0.427. The van der Waals surface area contributed by atoms with Crippen LogP contribution < -0.4 is 0 Å². The fraction of sp³-hybridized carbons (Fsp3) is 0.690. The summed E-state index contributed by atoms with van der Waals surface area (Å²) in [6, 6.07) is 2.82. The minimum atomic E-state index is -0.921. The zero-order valence-electron chi connectivity index (χ0n) is 24.4. The molecule has 1 aromatic rings. The summed E-state index contributed by atoms with van der Waals surface area (Å²) in [5.41, 5.74) is -0.181. The van der Waals surface area contributed by atoms with Crippen LogP contribution in [0.5, 0.6) is 0 Å². The number of aryl methyl sites for hydroxylation is 1. The maximum absolute atomic E-state index is 12.8. The third-order valence-corrected chi connectivity index (χ3v) is 8.45. The highest BCUT2D eigenvalue weighted by atomic mass is 79.9. The standard InChI is InChI=1S/C18H22BrClN2O3.C11H17NO4/c1-18(2,3)25-17(24)22-12-8-11(9-12)16(22)13(23)5-4-10-6-14(19)21-15(20)7-10;1-11(2,3)16-10(15)12-7-4-6(5-7)8(12)9(13)14/h6-7,11-12,16H,4-5,8-9H2,1-3H3;6-8H,4-5H2,1-3H3,(H,13,14). The van der Waals surface area contributed by atoms with Gasteiger partial charge in [0.2, 0.25) is 0 Å². The lowest BCUT2D eigenvalue weighted by Crippen LogP contribution is -2.44. The molecule has 6 fully saturated rings. The van der Waals surface area contributed by atoms with Gasteiger partial charge < -0.3 is 14.6 Å². The number of halogens is 2. The Kier molecular flexibility index (Phi) is 9.00. The van der Waals surface area contributed by atoms with Crippen LogP contribution in [0, 0.1) is 11.8 Å². The van der Waals surface area contributed by atoms with Crippen LogP contribution in [0.3, 0.4) is 0 Å². The first-order valence-electron chi connectivity index (χ1n) is 14.0. The van der Waals surface area contributed by atoms with Gasteiger partial charge in [0.25, 0.3) is 0 Å². The molecule has 10 nitrogen and oxygen atoms in total. The first kappa shape index (κ1) is 31.5. The number of rotatable bonds is 5. The van der Waals surface area contributed by atoms with E-state index in [9.17, 15) is 19.2 Å². The summed E-state index contributed by atoms with van der Waals surface area (Å²) in [6.07, 6.45) is 3.50. The van der Waals surface area contributed by atoms with Crippen LogP contribution in [0.15, 0.2) is 16.7 Å². The number of fused-ring (bicyclic) bond motifs is 2. The first-order valence-corrected chi connectivity index (χ1v) is 15.2. The first-order chi connectivity index (χ1) is 18.9. The lowest BCUT2D eigenvalue weighted by molar-refractivity contribution is -0.142. The molecule has 41 heavy (non-hydrogen) atoms. The molecule has 2 aliphatic carbocycles. The number of hydrogen-bond acceptors (Lipinski definition) is 7. The largest absolute Gasteiger partial charge is 0.480 e. The van der Waals surface area contributed by atoms with Gasteiger partial charge >= 0.3 is 18.2 Å². The molecule has 1 aromatic heterocycles. The van der Waals surface area contributed by atoms with Crippen molar-refractivity contribution in [3.8, 4) is 0 Å². The summed E-state index contributed by atoms with van der Waals surface area (Å²) < 4.78 is 11.4. The molecule has 5 heterocycles. The summed E-state index contributed by atoms with van der Waals surface area (Å²) in [4.78, 5) is 55.3. The van der Waals surface area contributed by atoms with E-state index in [1.165, 1.54) is 4.90 Å². The maximum atomic E-state index is 12.8. The molecule has 6 aliphatic rings. The van der Waals surface area contributed by atoms with Crippen molar-refractivity contribution in [2.75, 3.05) is 0 Å². The Morgan fingerprint density at radius 1 is 0.902 bits per heavy atom. The van der Waals surface area contributed by atoms with Gasteiger partial charge in [-0.3, -0.25) is 14.6 Å². The number of carboxylic acids is 1. The number of amides is 2. The number of hydrogen-bond donors (Lipinski definition) is 1. The van der Waals surface area contributed by atoms with E-state index >= 15 is 0 Å². The molecule has 2 unspecified atom stereocenters. The molecule has 0 radical (unpaired) electrons. The van der Waals surface area contributed by atoms with Crippen molar-refractivity contribution in [1.82, 2.24) is 14.8 Å². The molecule has 12 heteroatoms. The summed E-state index contributed by atoms with van der Waals surface area (Å²) in [7, 11) is 0. The quantitative estimate of drug-likeness (QED) is 0.391. The van der Waals surface area contributed by atoms with Crippen molar-refractivity contribution < 1.29 is 33.8 Å². The molecule has 0 spiro atoms. The zero-order valence-corrected chi connectivity index (χ0v) is 26.7. The zero-order chi connectivity index (χ0) is 30.4. The molecule has 1 N–H and O–H groups in total. The van der Waals surface area contributed by atoms with Crippen molar-refractivity contribution in [2.24, 2.45) is 11.8 Å². The van der Waals surface area contributed by atoms with Crippen LogP contribution in [0.2, 0.25) is 5.15 Å². The molecule has 226 valence electrons. The number of ether oxygens (including phenoxy) is 2.